The number of nitrogen functional groups attached to an aromatic ring is 1. The molecule has 4 nitrogen and oxygen atoms in total. The summed E-state index contributed by atoms with van der Waals surface area (Å²) in [6.45, 7) is 1.97. The lowest BCUT2D eigenvalue weighted by Gasteiger charge is -2.10. The van der Waals surface area contributed by atoms with Gasteiger partial charge in [-0.1, -0.05) is 11.6 Å². The average molecular weight is 287 g/mol. The highest BCUT2D eigenvalue weighted by atomic mass is 35.5. The molecule has 0 spiro atoms. The van der Waals surface area contributed by atoms with Crippen LogP contribution >= 0.6 is 11.6 Å². The number of nitrogens with one attached hydrogen (secondary N) is 1. The van der Waals surface area contributed by atoms with Gasteiger partial charge in [-0.2, -0.15) is 0 Å². The van der Waals surface area contributed by atoms with Gasteiger partial charge in [0, 0.05) is 13.0 Å². The molecule has 0 atom stereocenters. The molecule has 0 fully saturated rings. The largest absolute Gasteiger partial charge is 0.397 e. The summed E-state index contributed by atoms with van der Waals surface area (Å²) in [5, 5.41) is 0.346. The summed E-state index contributed by atoms with van der Waals surface area (Å²) in [6, 6.07) is 2.90. The summed E-state index contributed by atoms with van der Waals surface area (Å²) < 4.78 is 26.5. The maximum absolute atomic E-state index is 12.0. The minimum atomic E-state index is -3.57. The summed E-state index contributed by atoms with van der Waals surface area (Å²) in [5.41, 5.74) is 6.41. The van der Waals surface area contributed by atoms with E-state index in [4.69, 9.17) is 23.8 Å². The minimum Gasteiger partial charge on any atom is -0.397 e. The van der Waals surface area contributed by atoms with Crippen molar-refractivity contribution in [3.8, 4) is 12.3 Å². The zero-order valence-corrected chi connectivity index (χ0v) is 11.6. The predicted molar refractivity (Wildman–Crippen MR) is 73.9 cm³/mol. The minimum absolute atomic E-state index is 0.144. The second-order valence-corrected chi connectivity index (χ2v) is 5.99. The molecule has 0 unspecified atom stereocenters. The van der Waals surface area contributed by atoms with Crippen LogP contribution in [0.15, 0.2) is 17.0 Å². The Morgan fingerprint density at radius 2 is 2.17 bits per heavy atom. The lowest BCUT2D eigenvalue weighted by atomic mass is 10.2. The second kappa shape index (κ2) is 6.10. The maximum Gasteiger partial charge on any atom is 0.240 e. The number of rotatable bonds is 5. The Bertz CT molecular complexity index is 576. The number of sulfonamides is 1. The molecule has 0 amide bonds. The van der Waals surface area contributed by atoms with Gasteiger partial charge < -0.3 is 5.73 Å². The third kappa shape index (κ3) is 3.64. The van der Waals surface area contributed by atoms with Crippen molar-refractivity contribution in [1.82, 2.24) is 4.72 Å². The van der Waals surface area contributed by atoms with Gasteiger partial charge in [0.2, 0.25) is 10.0 Å². The van der Waals surface area contributed by atoms with E-state index in [1.807, 2.05) is 0 Å². The van der Waals surface area contributed by atoms with Crippen molar-refractivity contribution in [2.45, 2.75) is 24.7 Å². The normalized spacial score (nSPS) is 11.2. The van der Waals surface area contributed by atoms with Gasteiger partial charge in [-0.3, -0.25) is 0 Å². The molecule has 3 N–H and O–H groups in total. The molecule has 0 aliphatic rings. The number of aryl methyl sites for hydroxylation is 1. The van der Waals surface area contributed by atoms with E-state index in [0.29, 0.717) is 30.0 Å². The van der Waals surface area contributed by atoms with Crippen LogP contribution in [0.4, 0.5) is 5.69 Å². The summed E-state index contributed by atoms with van der Waals surface area (Å²) in [7, 11) is -3.57. The summed E-state index contributed by atoms with van der Waals surface area (Å²) >= 11 is 5.82. The number of nitrogens with two attached hydrogens (primary N) is 1. The van der Waals surface area contributed by atoms with Crippen LogP contribution in [-0.2, 0) is 10.0 Å². The molecular formula is C12H15ClN2O2S. The number of halogens is 1. The number of benzene rings is 1. The SMILES string of the molecule is C#CCCCNS(=O)(=O)c1cc(N)c(Cl)cc1C. The first kappa shape index (κ1) is 14.8. The third-order valence-electron chi connectivity index (χ3n) is 2.37. The molecule has 1 aromatic carbocycles. The van der Waals surface area contributed by atoms with Gasteiger partial charge in [0.05, 0.1) is 15.6 Å². The standard InChI is InChI=1S/C12H15ClN2O2S/c1-3-4-5-6-15-18(16,17)12-8-11(14)10(13)7-9(12)2/h1,7-8,15H,4-6,14H2,2H3. The fourth-order valence-electron chi connectivity index (χ4n) is 1.43. The van der Waals surface area contributed by atoms with Crippen LogP contribution in [0.3, 0.4) is 0 Å². The Kier molecular flexibility index (Phi) is 5.03. The van der Waals surface area contributed by atoms with Crippen LogP contribution in [0, 0.1) is 19.3 Å². The van der Waals surface area contributed by atoms with Crippen LogP contribution in [0.1, 0.15) is 18.4 Å². The highest BCUT2D eigenvalue weighted by Crippen LogP contribution is 2.25. The van der Waals surface area contributed by atoms with Crippen LogP contribution in [0.5, 0.6) is 0 Å². The van der Waals surface area contributed by atoms with Crippen molar-refractivity contribution in [3.63, 3.8) is 0 Å². The quantitative estimate of drug-likeness (QED) is 0.493. The summed E-state index contributed by atoms with van der Waals surface area (Å²) in [6.07, 6.45) is 6.22. The Balaban J connectivity index is 2.92. The van der Waals surface area contributed by atoms with E-state index >= 15 is 0 Å². The lowest BCUT2D eigenvalue weighted by Crippen LogP contribution is -2.25. The third-order valence-corrected chi connectivity index (χ3v) is 4.30. The van der Waals surface area contributed by atoms with Crippen molar-refractivity contribution < 1.29 is 8.42 Å². The molecule has 1 rings (SSSR count). The van der Waals surface area contributed by atoms with Gasteiger partial charge in [-0.05, 0) is 31.0 Å². The first-order valence-corrected chi connectivity index (χ1v) is 7.23. The van der Waals surface area contributed by atoms with E-state index < -0.39 is 10.0 Å². The molecule has 0 aliphatic carbocycles. The highest BCUT2D eigenvalue weighted by molar-refractivity contribution is 7.89. The van der Waals surface area contributed by atoms with Crippen LogP contribution in [-0.4, -0.2) is 15.0 Å². The number of terminal acetylenes is 1. The Hall–Kier alpha value is -1.22. The molecule has 6 heteroatoms. The molecule has 0 aliphatic heterocycles. The number of anilines is 1. The predicted octanol–water partition coefficient (Wildman–Crippen LogP) is 1.92. The van der Waals surface area contributed by atoms with Gasteiger partial charge in [0.25, 0.3) is 0 Å². The number of unbranched alkanes of at least 4 members (excludes halogenated alkanes) is 1. The van der Waals surface area contributed by atoms with Crippen LogP contribution in [0.2, 0.25) is 5.02 Å². The molecule has 98 valence electrons. The van der Waals surface area contributed by atoms with E-state index in [9.17, 15) is 8.42 Å². The van der Waals surface area contributed by atoms with E-state index in [1.54, 1.807) is 6.92 Å². The van der Waals surface area contributed by atoms with Crippen LogP contribution < -0.4 is 10.5 Å². The Morgan fingerprint density at radius 1 is 1.50 bits per heavy atom. The molecule has 18 heavy (non-hydrogen) atoms. The molecular weight excluding hydrogens is 272 g/mol. The molecule has 0 saturated carbocycles. The zero-order valence-electron chi connectivity index (χ0n) is 10.0. The number of hydrogen-bond donors (Lipinski definition) is 2. The zero-order chi connectivity index (χ0) is 13.8. The van der Waals surface area contributed by atoms with Gasteiger partial charge in [-0.25, -0.2) is 13.1 Å². The van der Waals surface area contributed by atoms with Gasteiger partial charge in [0.1, 0.15) is 0 Å². The average Bonchev–Trinajstić information content (AvgIpc) is 2.29. The van der Waals surface area contributed by atoms with E-state index in [0.717, 1.165) is 0 Å². The first-order chi connectivity index (χ1) is 8.38. The topological polar surface area (TPSA) is 72.2 Å². The number of hydrogen-bond acceptors (Lipinski definition) is 3. The molecule has 0 heterocycles. The smallest absolute Gasteiger partial charge is 0.240 e. The van der Waals surface area contributed by atoms with Crippen LogP contribution in [0.25, 0.3) is 0 Å². The Labute approximate surface area is 113 Å². The van der Waals surface area contributed by atoms with E-state index in [-0.39, 0.29) is 10.6 Å². The second-order valence-electron chi connectivity index (χ2n) is 3.84. The molecule has 1 aromatic rings. The fourth-order valence-corrected chi connectivity index (χ4v) is 2.98. The molecule has 0 radical (unpaired) electrons. The summed E-state index contributed by atoms with van der Waals surface area (Å²) in [5.74, 6) is 2.45. The van der Waals surface area contributed by atoms with Crippen molar-refractivity contribution in [1.29, 1.82) is 0 Å². The van der Waals surface area contributed by atoms with E-state index in [2.05, 4.69) is 10.6 Å². The summed E-state index contributed by atoms with van der Waals surface area (Å²) in [4.78, 5) is 0.144. The maximum atomic E-state index is 12.0. The highest BCUT2D eigenvalue weighted by Gasteiger charge is 2.17. The van der Waals surface area contributed by atoms with Crippen molar-refractivity contribution >= 4 is 27.3 Å². The first-order valence-electron chi connectivity index (χ1n) is 5.37. The monoisotopic (exact) mass is 286 g/mol. The molecule has 0 bridgehead atoms. The van der Waals surface area contributed by atoms with Gasteiger partial charge in [0.15, 0.2) is 0 Å². The van der Waals surface area contributed by atoms with Crippen molar-refractivity contribution in [3.05, 3.63) is 22.7 Å². The van der Waals surface area contributed by atoms with Gasteiger partial charge in [-0.15, -0.1) is 12.3 Å². The van der Waals surface area contributed by atoms with Gasteiger partial charge >= 0.3 is 0 Å². The van der Waals surface area contributed by atoms with Crippen molar-refractivity contribution in [2.24, 2.45) is 0 Å². The van der Waals surface area contributed by atoms with E-state index in [1.165, 1.54) is 12.1 Å². The lowest BCUT2D eigenvalue weighted by molar-refractivity contribution is 0.579. The fraction of sp³-hybridized carbons (Fsp3) is 0.333. The Morgan fingerprint density at radius 3 is 2.78 bits per heavy atom. The molecule has 0 aromatic heterocycles. The van der Waals surface area contributed by atoms with Crippen molar-refractivity contribution in [2.75, 3.05) is 12.3 Å². The molecule has 0 saturated heterocycles.